The van der Waals surface area contributed by atoms with E-state index in [0.29, 0.717) is 24.1 Å². The fourth-order valence-electron chi connectivity index (χ4n) is 4.73. The van der Waals surface area contributed by atoms with Gasteiger partial charge >= 0.3 is 0 Å². The minimum absolute atomic E-state index is 0.248. The molecule has 2 aromatic heterocycles. The van der Waals surface area contributed by atoms with Gasteiger partial charge in [-0.2, -0.15) is 9.50 Å². The average Bonchev–Trinajstić information content (AvgIpc) is 3.16. The number of hydrogen-bond donors (Lipinski definition) is 0. The van der Waals surface area contributed by atoms with Gasteiger partial charge in [0.05, 0.1) is 0 Å². The van der Waals surface area contributed by atoms with Gasteiger partial charge in [0.15, 0.2) is 5.82 Å². The number of aromatic nitrogens is 4. The van der Waals surface area contributed by atoms with Crippen LogP contribution in [0.3, 0.4) is 0 Å². The van der Waals surface area contributed by atoms with Crippen LogP contribution in [-0.4, -0.2) is 45.3 Å². The van der Waals surface area contributed by atoms with Gasteiger partial charge in [0.25, 0.3) is 5.78 Å². The topological polar surface area (TPSA) is 49.6 Å². The Morgan fingerprint density at radius 2 is 1.82 bits per heavy atom. The second kappa shape index (κ2) is 8.46. The van der Waals surface area contributed by atoms with Crippen molar-refractivity contribution in [3.8, 4) is 0 Å². The summed E-state index contributed by atoms with van der Waals surface area (Å²) in [6.07, 6.45) is 0.468. The normalized spacial score (nSPS) is 16.6. The number of rotatable bonds is 4. The third-order valence-corrected chi connectivity index (χ3v) is 6.49. The molecule has 5 rings (SSSR count). The van der Waals surface area contributed by atoms with Gasteiger partial charge < -0.3 is 9.80 Å². The highest BCUT2D eigenvalue weighted by Crippen LogP contribution is 2.28. The maximum atomic E-state index is 13.6. The van der Waals surface area contributed by atoms with Crippen molar-refractivity contribution in [1.82, 2.24) is 19.6 Å². The largest absolute Gasteiger partial charge is 0.365 e. The zero-order valence-corrected chi connectivity index (χ0v) is 19.6. The summed E-state index contributed by atoms with van der Waals surface area (Å²) in [6, 6.07) is 15.6. The lowest BCUT2D eigenvalue weighted by molar-refractivity contribution is 0.542. The van der Waals surface area contributed by atoms with Gasteiger partial charge in [0, 0.05) is 49.0 Å². The average molecular weight is 445 g/mol. The minimum Gasteiger partial charge on any atom is -0.365 e. The summed E-state index contributed by atoms with van der Waals surface area (Å²) < 4.78 is 15.5. The number of benzene rings is 2. The van der Waals surface area contributed by atoms with Crippen LogP contribution in [0.5, 0.6) is 0 Å². The highest BCUT2D eigenvalue weighted by Gasteiger charge is 2.28. The first-order valence-electron chi connectivity index (χ1n) is 11.4. The molecule has 4 aromatic rings. The smallest absolute Gasteiger partial charge is 0.254 e. The van der Waals surface area contributed by atoms with E-state index in [4.69, 9.17) is 5.10 Å². The van der Waals surface area contributed by atoms with Crippen molar-refractivity contribution in [3.05, 3.63) is 82.6 Å². The molecule has 1 aliphatic rings. The Balaban J connectivity index is 1.46. The predicted octanol–water partition coefficient (Wildman–Crippen LogP) is 4.49. The summed E-state index contributed by atoms with van der Waals surface area (Å²) in [4.78, 5) is 14.2. The molecule has 0 saturated carbocycles. The first-order valence-corrected chi connectivity index (χ1v) is 11.4. The summed E-state index contributed by atoms with van der Waals surface area (Å²) >= 11 is 0. The molecule has 0 aliphatic carbocycles. The van der Waals surface area contributed by atoms with Gasteiger partial charge in [-0.3, -0.25) is 0 Å². The third kappa shape index (κ3) is 4.15. The van der Waals surface area contributed by atoms with E-state index < -0.39 is 0 Å². The van der Waals surface area contributed by atoms with Crippen LogP contribution in [0.15, 0.2) is 48.5 Å². The molecule has 0 bridgehead atoms. The Kier molecular flexibility index (Phi) is 5.48. The molecule has 3 heterocycles. The van der Waals surface area contributed by atoms with Crippen LogP contribution >= 0.6 is 0 Å². The molecule has 0 spiro atoms. The molecule has 33 heavy (non-hydrogen) atoms. The summed E-state index contributed by atoms with van der Waals surface area (Å²) in [5.74, 6) is 2.03. The van der Waals surface area contributed by atoms with Crippen LogP contribution in [0.2, 0.25) is 0 Å². The zero-order chi connectivity index (χ0) is 23.1. The van der Waals surface area contributed by atoms with Gasteiger partial charge in [-0.1, -0.05) is 24.3 Å². The Morgan fingerprint density at radius 3 is 2.58 bits per heavy atom. The number of aryl methyl sites for hydroxylation is 2. The van der Waals surface area contributed by atoms with E-state index in [2.05, 4.69) is 64.8 Å². The lowest BCUT2D eigenvalue weighted by Gasteiger charge is -2.42. The van der Waals surface area contributed by atoms with Gasteiger partial charge in [0.2, 0.25) is 0 Å². The van der Waals surface area contributed by atoms with Crippen molar-refractivity contribution in [2.24, 2.45) is 0 Å². The summed E-state index contributed by atoms with van der Waals surface area (Å²) in [7, 11) is 0. The molecule has 1 fully saturated rings. The van der Waals surface area contributed by atoms with Crippen LogP contribution in [0, 0.1) is 26.6 Å². The van der Waals surface area contributed by atoms with Crippen LogP contribution < -0.4 is 9.80 Å². The fourth-order valence-corrected chi connectivity index (χ4v) is 4.73. The van der Waals surface area contributed by atoms with E-state index in [-0.39, 0.29) is 5.82 Å². The number of anilines is 2. The van der Waals surface area contributed by atoms with Gasteiger partial charge in [-0.05, 0) is 63.1 Å². The number of fused-ring (bicyclic) bond motifs is 1. The molecule has 1 unspecified atom stereocenters. The molecular formula is C26H29FN6. The Morgan fingerprint density at radius 1 is 1.00 bits per heavy atom. The van der Waals surface area contributed by atoms with E-state index >= 15 is 0 Å². The zero-order valence-electron chi connectivity index (χ0n) is 19.6. The quantitative estimate of drug-likeness (QED) is 0.464. The second-order valence-electron chi connectivity index (χ2n) is 9.02. The molecule has 0 N–H and O–H groups in total. The first-order chi connectivity index (χ1) is 15.9. The number of hydrogen-bond acceptors (Lipinski definition) is 5. The Hall–Kier alpha value is -3.48. The van der Waals surface area contributed by atoms with Crippen LogP contribution in [0.4, 0.5) is 15.9 Å². The highest BCUT2D eigenvalue weighted by atomic mass is 19.1. The predicted molar refractivity (Wildman–Crippen MR) is 130 cm³/mol. The maximum Gasteiger partial charge on any atom is 0.254 e. The van der Waals surface area contributed by atoms with Crippen molar-refractivity contribution in [2.75, 3.05) is 29.4 Å². The standard InChI is InChI=1S/C26H29FN6/c1-17-7-5-10-23(13-17)32-12-11-31(16-18(32)2)25-19(3)20(4)28-26-29-24(30-33(25)26)15-21-8-6-9-22(27)14-21/h5-10,13-14,18H,11-12,15-16H2,1-4H3. The molecule has 1 atom stereocenters. The molecule has 6 nitrogen and oxygen atoms in total. The van der Waals surface area contributed by atoms with E-state index in [9.17, 15) is 4.39 Å². The second-order valence-corrected chi connectivity index (χ2v) is 9.02. The van der Waals surface area contributed by atoms with Crippen molar-refractivity contribution in [2.45, 2.75) is 40.2 Å². The molecule has 2 aromatic carbocycles. The van der Waals surface area contributed by atoms with E-state index in [1.54, 1.807) is 6.07 Å². The third-order valence-electron chi connectivity index (χ3n) is 6.49. The fraction of sp³-hybridized carbons (Fsp3) is 0.346. The molecule has 0 amide bonds. The molecule has 170 valence electrons. The molecule has 0 radical (unpaired) electrons. The van der Waals surface area contributed by atoms with E-state index in [1.807, 2.05) is 17.5 Å². The number of piperazine rings is 1. The van der Waals surface area contributed by atoms with E-state index in [0.717, 1.165) is 42.3 Å². The minimum atomic E-state index is -0.248. The van der Waals surface area contributed by atoms with Crippen molar-refractivity contribution < 1.29 is 4.39 Å². The molecule has 1 saturated heterocycles. The van der Waals surface area contributed by atoms with Crippen molar-refractivity contribution >= 4 is 17.3 Å². The van der Waals surface area contributed by atoms with Crippen LogP contribution in [0.1, 0.15) is 35.1 Å². The first kappa shape index (κ1) is 21.4. The molecule has 7 heteroatoms. The number of halogens is 1. The summed E-state index contributed by atoms with van der Waals surface area (Å²) in [5.41, 5.74) is 5.46. The SMILES string of the molecule is Cc1cccc(N2CCN(c3c(C)c(C)nc4nc(Cc5cccc(F)c5)nn34)CC2C)c1. The molecular weight excluding hydrogens is 415 g/mol. The van der Waals surface area contributed by atoms with Gasteiger partial charge in [0.1, 0.15) is 11.6 Å². The van der Waals surface area contributed by atoms with Crippen LogP contribution in [0.25, 0.3) is 5.78 Å². The van der Waals surface area contributed by atoms with Gasteiger partial charge in [-0.15, -0.1) is 5.10 Å². The summed E-state index contributed by atoms with van der Waals surface area (Å²) in [5, 5.41) is 4.79. The maximum absolute atomic E-state index is 13.6. The van der Waals surface area contributed by atoms with Gasteiger partial charge in [-0.25, -0.2) is 9.37 Å². The monoisotopic (exact) mass is 444 g/mol. The summed E-state index contributed by atoms with van der Waals surface area (Å²) in [6.45, 7) is 11.2. The number of nitrogens with zero attached hydrogens (tertiary/aromatic N) is 6. The highest BCUT2D eigenvalue weighted by molar-refractivity contribution is 5.57. The van der Waals surface area contributed by atoms with Crippen molar-refractivity contribution in [1.29, 1.82) is 0 Å². The van der Waals surface area contributed by atoms with Crippen molar-refractivity contribution in [3.63, 3.8) is 0 Å². The Labute approximate surface area is 193 Å². The van der Waals surface area contributed by atoms with E-state index in [1.165, 1.54) is 23.4 Å². The molecule has 1 aliphatic heterocycles. The lowest BCUT2D eigenvalue weighted by Crippen LogP contribution is -2.53. The van der Waals surface area contributed by atoms with Crippen LogP contribution in [-0.2, 0) is 6.42 Å². The lowest BCUT2D eigenvalue weighted by atomic mass is 10.1. The Bertz CT molecular complexity index is 1310.